The molecule has 0 aliphatic carbocycles. The van der Waals surface area contributed by atoms with Gasteiger partial charge in [-0.2, -0.15) is 10.2 Å². The Balaban J connectivity index is 1.93. The van der Waals surface area contributed by atoms with Gasteiger partial charge in [-0.05, 0) is 23.8 Å². The van der Waals surface area contributed by atoms with Crippen LogP contribution >= 0.6 is 0 Å². The number of benzene rings is 1. The SMILES string of the molecule is N#CCc1cc(NCCc2ncno2)ccc1N. The second-order valence-electron chi connectivity index (χ2n) is 3.76. The Labute approximate surface area is 104 Å². The Hall–Kier alpha value is -2.55. The molecule has 92 valence electrons. The highest BCUT2D eigenvalue weighted by atomic mass is 16.5. The number of nitriles is 1. The topological polar surface area (TPSA) is 101 Å². The molecule has 0 aliphatic heterocycles. The molecule has 0 unspecified atom stereocenters. The number of aromatic nitrogens is 2. The van der Waals surface area contributed by atoms with Gasteiger partial charge < -0.3 is 15.6 Å². The van der Waals surface area contributed by atoms with Gasteiger partial charge in [0.2, 0.25) is 5.89 Å². The van der Waals surface area contributed by atoms with E-state index in [0.29, 0.717) is 31.0 Å². The molecule has 0 saturated carbocycles. The van der Waals surface area contributed by atoms with Crippen molar-refractivity contribution in [3.05, 3.63) is 36.0 Å². The van der Waals surface area contributed by atoms with E-state index in [4.69, 9.17) is 15.5 Å². The van der Waals surface area contributed by atoms with Crippen molar-refractivity contribution in [2.45, 2.75) is 12.8 Å². The van der Waals surface area contributed by atoms with E-state index in [9.17, 15) is 0 Å². The van der Waals surface area contributed by atoms with E-state index in [1.165, 1.54) is 6.33 Å². The zero-order valence-corrected chi connectivity index (χ0v) is 9.76. The Morgan fingerprint density at radius 3 is 3.06 bits per heavy atom. The van der Waals surface area contributed by atoms with Gasteiger partial charge in [-0.3, -0.25) is 0 Å². The molecule has 0 radical (unpaired) electrons. The first-order valence-corrected chi connectivity index (χ1v) is 5.54. The van der Waals surface area contributed by atoms with Crippen LogP contribution in [0.4, 0.5) is 11.4 Å². The maximum absolute atomic E-state index is 8.68. The Morgan fingerprint density at radius 2 is 2.33 bits per heavy atom. The van der Waals surface area contributed by atoms with E-state index in [1.807, 2.05) is 12.1 Å². The Kier molecular flexibility index (Phi) is 3.76. The van der Waals surface area contributed by atoms with Crippen molar-refractivity contribution < 1.29 is 4.52 Å². The van der Waals surface area contributed by atoms with Gasteiger partial charge in [0.15, 0.2) is 6.33 Å². The lowest BCUT2D eigenvalue weighted by molar-refractivity contribution is 0.380. The molecule has 1 aromatic carbocycles. The number of hydrogen-bond donors (Lipinski definition) is 2. The minimum Gasteiger partial charge on any atom is -0.398 e. The molecule has 2 aromatic rings. The fourth-order valence-corrected chi connectivity index (χ4v) is 1.57. The van der Waals surface area contributed by atoms with Gasteiger partial charge in [0.1, 0.15) is 0 Å². The summed E-state index contributed by atoms with van der Waals surface area (Å²) >= 11 is 0. The van der Waals surface area contributed by atoms with Gasteiger partial charge in [0, 0.05) is 24.3 Å². The van der Waals surface area contributed by atoms with E-state index >= 15 is 0 Å². The molecule has 3 N–H and O–H groups in total. The standard InChI is InChI=1S/C12H13N5O/c13-5-3-9-7-10(1-2-11(9)14)15-6-4-12-16-8-17-18-12/h1-2,7-8,15H,3-4,6,14H2. The lowest BCUT2D eigenvalue weighted by atomic mass is 10.1. The first-order chi connectivity index (χ1) is 8.79. The average Bonchev–Trinajstić information content (AvgIpc) is 2.87. The number of anilines is 2. The number of hydrogen-bond acceptors (Lipinski definition) is 6. The Morgan fingerprint density at radius 1 is 1.44 bits per heavy atom. The van der Waals surface area contributed by atoms with Crippen molar-refractivity contribution in [1.29, 1.82) is 5.26 Å². The van der Waals surface area contributed by atoms with Crippen molar-refractivity contribution in [3.8, 4) is 6.07 Å². The van der Waals surface area contributed by atoms with E-state index in [0.717, 1.165) is 11.3 Å². The first kappa shape index (κ1) is 11.9. The molecule has 18 heavy (non-hydrogen) atoms. The number of nitrogens with two attached hydrogens (primary N) is 1. The van der Waals surface area contributed by atoms with Gasteiger partial charge in [-0.1, -0.05) is 5.16 Å². The van der Waals surface area contributed by atoms with Crippen LogP contribution in [0.2, 0.25) is 0 Å². The summed E-state index contributed by atoms with van der Waals surface area (Å²) in [5, 5.41) is 15.4. The molecule has 6 nitrogen and oxygen atoms in total. The smallest absolute Gasteiger partial charge is 0.228 e. The van der Waals surface area contributed by atoms with Crippen molar-refractivity contribution in [3.63, 3.8) is 0 Å². The van der Waals surface area contributed by atoms with Crippen LogP contribution in [-0.4, -0.2) is 16.7 Å². The zero-order valence-electron chi connectivity index (χ0n) is 9.76. The molecule has 2 rings (SSSR count). The third-order valence-corrected chi connectivity index (χ3v) is 2.49. The summed E-state index contributed by atoms with van der Waals surface area (Å²) in [5.74, 6) is 0.593. The van der Waals surface area contributed by atoms with E-state index in [1.54, 1.807) is 6.07 Å². The van der Waals surface area contributed by atoms with Crippen LogP contribution in [0.3, 0.4) is 0 Å². The van der Waals surface area contributed by atoms with Crippen molar-refractivity contribution in [2.75, 3.05) is 17.6 Å². The molecule has 0 atom stereocenters. The van der Waals surface area contributed by atoms with Crippen LogP contribution in [0.15, 0.2) is 29.0 Å². The predicted octanol–water partition coefficient (Wildman–Crippen LogP) is 1.37. The molecule has 6 heteroatoms. The molecule has 0 aliphatic rings. The second-order valence-corrected chi connectivity index (χ2v) is 3.76. The fraction of sp³-hybridized carbons (Fsp3) is 0.250. The van der Waals surface area contributed by atoms with Crippen LogP contribution in [0.25, 0.3) is 0 Å². The zero-order chi connectivity index (χ0) is 12.8. The lowest BCUT2D eigenvalue weighted by Crippen LogP contribution is -2.06. The molecule has 0 spiro atoms. The van der Waals surface area contributed by atoms with Gasteiger partial charge in [-0.25, -0.2) is 0 Å². The largest absolute Gasteiger partial charge is 0.398 e. The summed E-state index contributed by atoms with van der Waals surface area (Å²) in [6.07, 6.45) is 2.34. The van der Waals surface area contributed by atoms with Gasteiger partial charge >= 0.3 is 0 Å². The quantitative estimate of drug-likeness (QED) is 0.769. The molecule has 1 heterocycles. The highest BCUT2D eigenvalue weighted by molar-refractivity contribution is 5.58. The molecular weight excluding hydrogens is 230 g/mol. The molecular formula is C12H13N5O. The predicted molar refractivity (Wildman–Crippen MR) is 66.7 cm³/mol. The minimum atomic E-state index is 0.311. The highest BCUT2D eigenvalue weighted by Crippen LogP contribution is 2.18. The normalized spacial score (nSPS) is 9.94. The van der Waals surface area contributed by atoms with Crippen LogP contribution in [0.1, 0.15) is 11.5 Å². The third-order valence-electron chi connectivity index (χ3n) is 2.49. The van der Waals surface area contributed by atoms with E-state index < -0.39 is 0 Å². The summed E-state index contributed by atoms with van der Waals surface area (Å²) in [4.78, 5) is 3.93. The molecule has 0 amide bonds. The molecule has 1 aromatic heterocycles. The van der Waals surface area contributed by atoms with Crippen LogP contribution in [0, 0.1) is 11.3 Å². The van der Waals surface area contributed by atoms with Gasteiger partial charge in [0.25, 0.3) is 0 Å². The summed E-state index contributed by atoms with van der Waals surface area (Å²) in [5.41, 5.74) is 8.17. The summed E-state index contributed by atoms with van der Waals surface area (Å²) in [6, 6.07) is 7.64. The van der Waals surface area contributed by atoms with Crippen molar-refractivity contribution in [2.24, 2.45) is 0 Å². The monoisotopic (exact) mass is 243 g/mol. The number of nitrogens with one attached hydrogen (secondary N) is 1. The van der Waals surface area contributed by atoms with Crippen LogP contribution < -0.4 is 11.1 Å². The minimum absolute atomic E-state index is 0.311. The van der Waals surface area contributed by atoms with Crippen LogP contribution in [-0.2, 0) is 12.8 Å². The average molecular weight is 243 g/mol. The third kappa shape index (κ3) is 2.98. The summed E-state index contributed by atoms with van der Waals surface area (Å²) in [7, 11) is 0. The van der Waals surface area contributed by atoms with Crippen molar-refractivity contribution >= 4 is 11.4 Å². The lowest BCUT2D eigenvalue weighted by Gasteiger charge is -2.08. The second kappa shape index (κ2) is 5.68. The maximum atomic E-state index is 8.68. The maximum Gasteiger partial charge on any atom is 0.228 e. The van der Waals surface area contributed by atoms with Gasteiger partial charge in [0.05, 0.1) is 12.5 Å². The van der Waals surface area contributed by atoms with Crippen molar-refractivity contribution in [1.82, 2.24) is 10.1 Å². The number of nitrogen functional groups attached to an aromatic ring is 1. The number of nitrogens with zero attached hydrogens (tertiary/aromatic N) is 3. The van der Waals surface area contributed by atoms with Gasteiger partial charge in [-0.15, -0.1) is 0 Å². The summed E-state index contributed by atoms with van der Waals surface area (Å²) in [6.45, 7) is 0.679. The van der Waals surface area contributed by atoms with E-state index in [-0.39, 0.29) is 0 Å². The molecule has 0 saturated heterocycles. The first-order valence-electron chi connectivity index (χ1n) is 5.54. The Bertz CT molecular complexity index is 544. The highest BCUT2D eigenvalue weighted by Gasteiger charge is 2.02. The molecule has 0 bridgehead atoms. The molecule has 0 fully saturated rings. The van der Waals surface area contributed by atoms with E-state index in [2.05, 4.69) is 21.5 Å². The van der Waals surface area contributed by atoms with Crippen LogP contribution in [0.5, 0.6) is 0 Å². The summed E-state index contributed by atoms with van der Waals surface area (Å²) < 4.78 is 4.89. The number of rotatable bonds is 5. The fourth-order valence-electron chi connectivity index (χ4n) is 1.57.